The number of rotatable bonds is 6. The molecule has 0 aromatic heterocycles. The Balaban J connectivity index is 4.69. The molecule has 1 atom stereocenters. The Morgan fingerprint density at radius 2 is 1.61 bits per heavy atom. The van der Waals surface area contributed by atoms with Crippen LogP contribution in [-0.2, 0) is 19.2 Å². The van der Waals surface area contributed by atoms with Gasteiger partial charge in [-0.1, -0.05) is 6.92 Å². The van der Waals surface area contributed by atoms with Crippen molar-refractivity contribution in [1.82, 2.24) is 9.80 Å². The number of carboxylic acids is 1. The Labute approximate surface area is 105 Å². The quantitative estimate of drug-likeness (QED) is 0.505. The first-order valence-corrected chi connectivity index (χ1v) is 5.45. The van der Waals surface area contributed by atoms with Gasteiger partial charge in [0, 0.05) is 21.1 Å². The van der Waals surface area contributed by atoms with Crippen LogP contribution in [0.2, 0.25) is 0 Å². The Hall–Kier alpha value is -1.92. The second kappa shape index (κ2) is 6.73. The molecule has 2 amide bonds. The fraction of sp³-hybridized carbons (Fsp3) is 0.636. The molecule has 102 valence electrons. The van der Waals surface area contributed by atoms with Crippen LogP contribution < -0.4 is 0 Å². The lowest BCUT2D eigenvalue weighted by molar-refractivity contribution is -0.153. The van der Waals surface area contributed by atoms with E-state index in [0.29, 0.717) is 0 Å². The molecule has 1 unspecified atom stereocenters. The van der Waals surface area contributed by atoms with Gasteiger partial charge in [0.15, 0.2) is 0 Å². The zero-order chi connectivity index (χ0) is 14.5. The highest BCUT2D eigenvalue weighted by molar-refractivity contribution is 6.39. The number of aliphatic carboxylic acids is 1. The van der Waals surface area contributed by atoms with E-state index >= 15 is 0 Å². The summed E-state index contributed by atoms with van der Waals surface area (Å²) < 4.78 is 0. The van der Waals surface area contributed by atoms with E-state index in [2.05, 4.69) is 0 Å². The van der Waals surface area contributed by atoms with Gasteiger partial charge in [0.25, 0.3) is 5.91 Å². The first-order valence-electron chi connectivity index (χ1n) is 5.45. The van der Waals surface area contributed by atoms with Gasteiger partial charge in [-0.2, -0.15) is 0 Å². The van der Waals surface area contributed by atoms with Crippen molar-refractivity contribution in [2.45, 2.75) is 25.8 Å². The van der Waals surface area contributed by atoms with E-state index in [1.807, 2.05) is 0 Å². The molecule has 0 saturated heterocycles. The van der Waals surface area contributed by atoms with Gasteiger partial charge in [-0.15, -0.1) is 0 Å². The fourth-order valence-corrected chi connectivity index (χ4v) is 1.32. The number of ketones is 1. The van der Waals surface area contributed by atoms with Crippen molar-refractivity contribution in [3.8, 4) is 0 Å². The SMILES string of the molecule is CCC(C(=O)O)N(C)C(=O)C(=O)CC(=O)N(C)C. The van der Waals surface area contributed by atoms with Crippen LogP contribution >= 0.6 is 0 Å². The minimum absolute atomic E-state index is 0.187. The van der Waals surface area contributed by atoms with Crippen LogP contribution in [0.5, 0.6) is 0 Å². The zero-order valence-corrected chi connectivity index (χ0v) is 11.0. The average molecular weight is 258 g/mol. The van der Waals surface area contributed by atoms with Crippen LogP contribution in [0.25, 0.3) is 0 Å². The standard InChI is InChI=1S/C11H18N2O5/c1-5-7(11(17)18)13(4)10(16)8(14)6-9(15)12(2)3/h7H,5-6H2,1-4H3,(H,17,18). The molecule has 0 fully saturated rings. The van der Waals surface area contributed by atoms with Crippen molar-refractivity contribution in [3.63, 3.8) is 0 Å². The van der Waals surface area contributed by atoms with Crippen LogP contribution in [0.3, 0.4) is 0 Å². The minimum Gasteiger partial charge on any atom is -0.480 e. The van der Waals surface area contributed by atoms with Gasteiger partial charge in [-0.25, -0.2) is 4.79 Å². The molecule has 18 heavy (non-hydrogen) atoms. The Bertz CT molecular complexity index is 364. The van der Waals surface area contributed by atoms with Crippen molar-refractivity contribution in [1.29, 1.82) is 0 Å². The molecule has 0 aromatic rings. The number of carbonyl (C=O) groups excluding carboxylic acids is 3. The Morgan fingerprint density at radius 3 is 1.94 bits per heavy atom. The number of Topliss-reactive ketones (excluding diaryl/α,β-unsaturated/α-hetero) is 1. The summed E-state index contributed by atoms with van der Waals surface area (Å²) in [6, 6.07) is -1.06. The Kier molecular flexibility index (Phi) is 6.01. The van der Waals surface area contributed by atoms with Gasteiger partial charge in [0.2, 0.25) is 11.7 Å². The normalized spacial score (nSPS) is 11.6. The van der Waals surface area contributed by atoms with E-state index in [-0.39, 0.29) is 6.42 Å². The number of hydrogen-bond acceptors (Lipinski definition) is 4. The molecule has 0 spiro atoms. The molecule has 0 aromatic carbocycles. The smallest absolute Gasteiger partial charge is 0.326 e. The predicted octanol–water partition coefficient (Wildman–Crippen LogP) is -0.645. The first-order chi connectivity index (χ1) is 8.22. The number of likely N-dealkylation sites (N-methyl/N-ethyl adjacent to an activating group) is 1. The van der Waals surface area contributed by atoms with E-state index in [4.69, 9.17) is 5.11 Å². The monoisotopic (exact) mass is 258 g/mol. The summed E-state index contributed by atoms with van der Waals surface area (Å²) in [6.07, 6.45) is -0.362. The van der Waals surface area contributed by atoms with Crippen LogP contribution in [0.1, 0.15) is 19.8 Å². The molecule has 7 heteroatoms. The largest absolute Gasteiger partial charge is 0.480 e. The van der Waals surface area contributed by atoms with Crippen LogP contribution in [0.15, 0.2) is 0 Å². The van der Waals surface area contributed by atoms with Crippen molar-refractivity contribution in [3.05, 3.63) is 0 Å². The van der Waals surface area contributed by atoms with Gasteiger partial charge in [-0.05, 0) is 6.42 Å². The van der Waals surface area contributed by atoms with Crippen LogP contribution in [0, 0.1) is 0 Å². The fourth-order valence-electron chi connectivity index (χ4n) is 1.32. The highest BCUT2D eigenvalue weighted by atomic mass is 16.4. The van der Waals surface area contributed by atoms with Crippen molar-refractivity contribution < 1.29 is 24.3 Å². The summed E-state index contributed by atoms with van der Waals surface area (Å²) in [7, 11) is 4.18. The molecule has 7 nitrogen and oxygen atoms in total. The van der Waals surface area contributed by atoms with E-state index in [1.54, 1.807) is 6.92 Å². The summed E-state index contributed by atoms with van der Waals surface area (Å²) >= 11 is 0. The van der Waals surface area contributed by atoms with E-state index in [0.717, 1.165) is 4.90 Å². The molecular weight excluding hydrogens is 240 g/mol. The Morgan fingerprint density at radius 1 is 1.11 bits per heavy atom. The third-order valence-electron chi connectivity index (χ3n) is 2.51. The predicted molar refractivity (Wildman–Crippen MR) is 62.8 cm³/mol. The van der Waals surface area contributed by atoms with Crippen molar-refractivity contribution in [2.24, 2.45) is 0 Å². The first kappa shape index (κ1) is 16.1. The van der Waals surface area contributed by atoms with Gasteiger partial charge >= 0.3 is 5.97 Å². The molecule has 0 aliphatic rings. The third-order valence-corrected chi connectivity index (χ3v) is 2.51. The van der Waals surface area contributed by atoms with E-state index in [9.17, 15) is 19.2 Å². The molecule has 0 heterocycles. The second-order valence-corrected chi connectivity index (χ2v) is 4.07. The average Bonchev–Trinajstić information content (AvgIpc) is 2.27. The number of amides is 2. The van der Waals surface area contributed by atoms with Crippen molar-refractivity contribution >= 4 is 23.6 Å². The zero-order valence-electron chi connectivity index (χ0n) is 11.0. The summed E-state index contributed by atoms with van der Waals surface area (Å²) in [5.74, 6) is -3.54. The van der Waals surface area contributed by atoms with Gasteiger partial charge in [0.1, 0.15) is 6.04 Å². The lowest BCUT2D eigenvalue weighted by atomic mass is 10.1. The lowest BCUT2D eigenvalue weighted by Crippen LogP contribution is -2.45. The minimum atomic E-state index is -1.18. The maximum Gasteiger partial charge on any atom is 0.326 e. The topological polar surface area (TPSA) is 95.0 Å². The number of carbonyl (C=O) groups is 4. The second-order valence-electron chi connectivity index (χ2n) is 4.07. The molecule has 1 N–H and O–H groups in total. The molecule has 0 saturated carbocycles. The lowest BCUT2D eigenvalue weighted by Gasteiger charge is -2.23. The summed E-state index contributed by atoms with van der Waals surface area (Å²) in [5, 5.41) is 8.86. The molecule has 0 aliphatic heterocycles. The molecule has 0 aliphatic carbocycles. The third kappa shape index (κ3) is 4.15. The van der Waals surface area contributed by atoms with Gasteiger partial charge in [-0.3, -0.25) is 14.4 Å². The molecule has 0 bridgehead atoms. The number of hydrogen-bond donors (Lipinski definition) is 1. The number of nitrogens with zero attached hydrogens (tertiary/aromatic N) is 2. The maximum absolute atomic E-state index is 11.6. The van der Waals surface area contributed by atoms with Gasteiger partial charge < -0.3 is 14.9 Å². The highest BCUT2D eigenvalue weighted by Gasteiger charge is 2.29. The van der Waals surface area contributed by atoms with Crippen LogP contribution in [-0.4, -0.2) is 65.7 Å². The van der Waals surface area contributed by atoms with Crippen LogP contribution in [0.4, 0.5) is 0 Å². The van der Waals surface area contributed by atoms with Gasteiger partial charge in [0.05, 0.1) is 6.42 Å². The molecular formula is C11H18N2O5. The summed E-state index contributed by atoms with van der Waals surface area (Å²) in [4.78, 5) is 47.3. The van der Waals surface area contributed by atoms with E-state index in [1.165, 1.54) is 26.0 Å². The molecule has 0 rings (SSSR count). The summed E-state index contributed by atoms with van der Waals surface area (Å²) in [5.41, 5.74) is 0. The maximum atomic E-state index is 11.6. The highest BCUT2D eigenvalue weighted by Crippen LogP contribution is 2.04. The molecule has 0 radical (unpaired) electrons. The van der Waals surface area contributed by atoms with Crippen molar-refractivity contribution in [2.75, 3.05) is 21.1 Å². The summed E-state index contributed by atoms with van der Waals surface area (Å²) in [6.45, 7) is 1.60. The number of carboxylic acid groups (broad SMARTS) is 1. The van der Waals surface area contributed by atoms with E-state index < -0.39 is 36.0 Å².